The molecule has 2 amide bonds. The van der Waals surface area contributed by atoms with Crippen LogP contribution in [-0.4, -0.2) is 36.3 Å². The monoisotopic (exact) mass is 406 g/mol. The number of hydrogen-bond donors (Lipinski definition) is 1. The molecule has 0 radical (unpaired) electrons. The Kier molecular flexibility index (Phi) is 5.65. The Morgan fingerprint density at radius 3 is 2.60 bits per heavy atom. The van der Waals surface area contributed by atoms with Crippen molar-refractivity contribution in [3.8, 4) is 0 Å². The van der Waals surface area contributed by atoms with Crippen LogP contribution in [0.5, 0.6) is 0 Å². The number of likely N-dealkylation sites (tertiary alicyclic amines) is 1. The minimum atomic E-state index is -0.270. The van der Waals surface area contributed by atoms with Gasteiger partial charge in [0.1, 0.15) is 0 Å². The minimum absolute atomic E-state index is 0.0188. The van der Waals surface area contributed by atoms with Gasteiger partial charge in [-0.25, -0.2) is 0 Å². The Morgan fingerprint density at radius 1 is 1.25 bits per heavy atom. The zero-order valence-corrected chi connectivity index (χ0v) is 13.9. The van der Waals surface area contributed by atoms with Crippen LogP contribution in [0.25, 0.3) is 0 Å². The Bertz CT molecular complexity index is 516. The quantitative estimate of drug-likeness (QED) is 0.785. The van der Waals surface area contributed by atoms with Gasteiger partial charge in [-0.15, -0.1) is 0 Å². The number of amides is 2. The fourth-order valence-corrected chi connectivity index (χ4v) is 2.67. The maximum Gasteiger partial charge on any atom is 0.251 e. The first-order valence-corrected chi connectivity index (χ1v) is 8.04. The molecule has 0 aliphatic carbocycles. The largest absolute Gasteiger partial charge is 0.343 e. The molecule has 0 aromatic heterocycles. The zero-order chi connectivity index (χ0) is 14.5. The molecule has 0 atom stereocenters. The van der Waals surface area contributed by atoms with Crippen molar-refractivity contribution in [2.75, 3.05) is 19.6 Å². The van der Waals surface area contributed by atoms with Crippen LogP contribution < -0.4 is 5.32 Å². The Morgan fingerprint density at radius 2 is 1.95 bits per heavy atom. The molecule has 0 saturated carbocycles. The number of hydrogen-bond acceptors (Lipinski definition) is 2. The molecule has 1 fully saturated rings. The van der Waals surface area contributed by atoms with E-state index in [0.717, 1.165) is 29.5 Å². The van der Waals surface area contributed by atoms with Gasteiger partial charge >= 0.3 is 0 Å². The molecule has 1 aromatic rings. The molecule has 1 heterocycles. The van der Waals surface area contributed by atoms with Crippen LogP contribution in [0, 0.1) is 3.57 Å². The van der Waals surface area contributed by atoms with E-state index in [1.54, 1.807) is 18.2 Å². The van der Waals surface area contributed by atoms with Gasteiger partial charge < -0.3 is 10.2 Å². The second kappa shape index (κ2) is 7.26. The molecular formula is C14H16ClIN2O2. The molecule has 1 aliphatic heterocycles. The first-order chi connectivity index (χ1) is 9.58. The second-order valence-corrected chi connectivity index (χ2v) is 6.32. The first-order valence-electron chi connectivity index (χ1n) is 6.59. The molecule has 20 heavy (non-hydrogen) atoms. The molecule has 1 aliphatic rings. The van der Waals surface area contributed by atoms with Gasteiger partial charge in [0.05, 0.1) is 11.6 Å². The fourth-order valence-electron chi connectivity index (χ4n) is 2.15. The van der Waals surface area contributed by atoms with Crippen LogP contribution in [-0.2, 0) is 4.79 Å². The number of rotatable bonds is 3. The van der Waals surface area contributed by atoms with Crippen molar-refractivity contribution >= 4 is 46.0 Å². The normalized spacial score (nSPS) is 15.0. The Hall–Kier alpha value is -0.820. The van der Waals surface area contributed by atoms with Gasteiger partial charge in [0.2, 0.25) is 5.91 Å². The molecule has 4 nitrogen and oxygen atoms in total. The van der Waals surface area contributed by atoms with Crippen molar-refractivity contribution in [3.63, 3.8) is 0 Å². The topological polar surface area (TPSA) is 49.4 Å². The van der Waals surface area contributed by atoms with E-state index >= 15 is 0 Å². The molecular weight excluding hydrogens is 391 g/mol. The molecule has 108 valence electrons. The third-order valence-corrected chi connectivity index (χ3v) is 4.86. The third kappa shape index (κ3) is 4.09. The van der Waals surface area contributed by atoms with Crippen LogP contribution in [0.2, 0.25) is 5.02 Å². The lowest BCUT2D eigenvalue weighted by atomic mass is 10.1. The summed E-state index contributed by atoms with van der Waals surface area (Å²) in [7, 11) is 0. The highest BCUT2D eigenvalue weighted by atomic mass is 127. The summed E-state index contributed by atoms with van der Waals surface area (Å²) in [5.74, 6) is -0.289. The maximum absolute atomic E-state index is 12.0. The van der Waals surface area contributed by atoms with Gasteiger partial charge in [-0.3, -0.25) is 9.59 Å². The molecule has 6 heteroatoms. The fraction of sp³-hybridized carbons (Fsp3) is 0.429. The highest BCUT2D eigenvalue weighted by Crippen LogP contribution is 2.19. The maximum atomic E-state index is 12.0. The molecule has 1 aromatic carbocycles. The van der Waals surface area contributed by atoms with E-state index in [4.69, 9.17) is 11.6 Å². The number of halogens is 2. The van der Waals surface area contributed by atoms with E-state index in [2.05, 4.69) is 27.9 Å². The van der Waals surface area contributed by atoms with Crippen LogP contribution in [0.15, 0.2) is 18.2 Å². The highest BCUT2D eigenvalue weighted by Gasteiger charge is 2.17. The predicted molar refractivity (Wildman–Crippen MR) is 86.9 cm³/mol. The third-order valence-electron chi connectivity index (χ3n) is 3.29. The number of nitrogens with zero attached hydrogens (tertiary/aromatic N) is 1. The smallest absolute Gasteiger partial charge is 0.251 e. The summed E-state index contributed by atoms with van der Waals surface area (Å²) in [6.07, 6.45) is 3.27. The van der Waals surface area contributed by atoms with Crippen LogP contribution in [0.4, 0.5) is 0 Å². The van der Waals surface area contributed by atoms with Crippen molar-refractivity contribution in [2.45, 2.75) is 19.3 Å². The number of piperidine rings is 1. The minimum Gasteiger partial charge on any atom is -0.343 e. The summed E-state index contributed by atoms with van der Waals surface area (Å²) in [6.45, 7) is 1.64. The van der Waals surface area contributed by atoms with Crippen molar-refractivity contribution in [1.29, 1.82) is 0 Å². The van der Waals surface area contributed by atoms with Gasteiger partial charge in [0.25, 0.3) is 5.91 Å². The summed E-state index contributed by atoms with van der Waals surface area (Å²) in [5, 5.41) is 3.19. The van der Waals surface area contributed by atoms with Crippen molar-refractivity contribution in [2.24, 2.45) is 0 Å². The first kappa shape index (κ1) is 15.6. The summed E-state index contributed by atoms with van der Waals surface area (Å²) >= 11 is 8.08. The predicted octanol–water partition coefficient (Wildman–Crippen LogP) is 2.69. The van der Waals surface area contributed by atoms with Crippen LogP contribution >= 0.6 is 34.2 Å². The SMILES string of the molecule is O=C(NCC(=O)N1CCCCC1)c1ccc(I)c(Cl)c1. The highest BCUT2D eigenvalue weighted by molar-refractivity contribution is 14.1. The number of carbonyl (C=O) groups is 2. The van der Waals surface area contributed by atoms with Crippen molar-refractivity contribution in [1.82, 2.24) is 10.2 Å². The average Bonchev–Trinajstić information content (AvgIpc) is 2.48. The average molecular weight is 407 g/mol. The number of benzene rings is 1. The van der Waals surface area contributed by atoms with E-state index in [-0.39, 0.29) is 18.4 Å². The molecule has 1 N–H and O–H groups in total. The zero-order valence-electron chi connectivity index (χ0n) is 11.0. The van der Waals surface area contributed by atoms with E-state index in [9.17, 15) is 9.59 Å². The van der Waals surface area contributed by atoms with Gasteiger partial charge in [0.15, 0.2) is 0 Å². The molecule has 1 saturated heterocycles. The van der Waals surface area contributed by atoms with Crippen LogP contribution in [0.3, 0.4) is 0 Å². The van der Waals surface area contributed by atoms with Gasteiger partial charge in [0, 0.05) is 22.2 Å². The van der Waals surface area contributed by atoms with Crippen LogP contribution in [0.1, 0.15) is 29.6 Å². The van der Waals surface area contributed by atoms with Gasteiger partial charge in [-0.2, -0.15) is 0 Å². The Labute approximate surface area is 137 Å². The molecule has 0 unspecified atom stereocenters. The lowest BCUT2D eigenvalue weighted by molar-refractivity contribution is -0.130. The second-order valence-electron chi connectivity index (χ2n) is 4.75. The van der Waals surface area contributed by atoms with E-state index in [1.165, 1.54) is 6.42 Å². The van der Waals surface area contributed by atoms with E-state index in [0.29, 0.717) is 10.6 Å². The summed E-state index contributed by atoms with van der Waals surface area (Å²) in [6, 6.07) is 5.10. The lowest BCUT2D eigenvalue weighted by Gasteiger charge is -2.26. The summed E-state index contributed by atoms with van der Waals surface area (Å²) in [5.41, 5.74) is 0.474. The number of carbonyl (C=O) groups excluding carboxylic acids is 2. The van der Waals surface area contributed by atoms with Gasteiger partial charge in [-0.05, 0) is 60.1 Å². The standard InChI is InChI=1S/C14H16ClIN2O2/c15-11-8-10(4-5-12(11)16)14(20)17-9-13(19)18-6-2-1-3-7-18/h4-5,8H,1-3,6-7,9H2,(H,17,20). The molecule has 0 spiro atoms. The van der Waals surface area contributed by atoms with E-state index < -0.39 is 0 Å². The van der Waals surface area contributed by atoms with Crippen molar-refractivity contribution < 1.29 is 9.59 Å². The summed E-state index contributed by atoms with van der Waals surface area (Å²) < 4.78 is 0.894. The molecule has 0 bridgehead atoms. The molecule has 2 rings (SSSR count). The van der Waals surface area contributed by atoms with E-state index in [1.807, 2.05) is 4.90 Å². The summed E-state index contributed by atoms with van der Waals surface area (Å²) in [4.78, 5) is 25.7. The lowest BCUT2D eigenvalue weighted by Crippen LogP contribution is -2.42. The Balaban J connectivity index is 1.88. The van der Waals surface area contributed by atoms with Crippen molar-refractivity contribution in [3.05, 3.63) is 32.4 Å². The van der Waals surface area contributed by atoms with Gasteiger partial charge in [-0.1, -0.05) is 11.6 Å². The number of nitrogens with one attached hydrogen (secondary N) is 1.